The molecule has 3 N–H and O–H groups in total. The highest BCUT2D eigenvalue weighted by atomic mass is 19.1. The SMILES string of the molecule is CCc1nnc(C)cc1C(Cc1ccc(F)cc1)NN. The Morgan fingerprint density at radius 2 is 1.95 bits per heavy atom. The molecule has 4 nitrogen and oxygen atoms in total. The van der Waals surface area contributed by atoms with Crippen LogP contribution in [0.2, 0.25) is 0 Å². The number of aromatic nitrogens is 2. The predicted octanol–water partition coefficient (Wildman–Crippen LogP) is 2.23. The van der Waals surface area contributed by atoms with Crippen molar-refractivity contribution in [2.45, 2.75) is 32.7 Å². The minimum atomic E-state index is -0.235. The Hall–Kier alpha value is -1.85. The molecule has 0 aliphatic heterocycles. The number of halogens is 1. The standard InChI is InChI=1S/C15H19FN4/c1-3-14-13(8-10(2)19-20-14)15(18-17)9-11-4-6-12(16)7-5-11/h4-8,15,18H,3,9,17H2,1-2H3. The summed E-state index contributed by atoms with van der Waals surface area (Å²) in [6.45, 7) is 3.94. The van der Waals surface area contributed by atoms with Gasteiger partial charge < -0.3 is 0 Å². The Bertz CT molecular complexity index is 569. The monoisotopic (exact) mass is 274 g/mol. The summed E-state index contributed by atoms with van der Waals surface area (Å²) in [5, 5.41) is 8.29. The summed E-state index contributed by atoms with van der Waals surface area (Å²) in [6, 6.07) is 8.39. The van der Waals surface area contributed by atoms with Crippen molar-refractivity contribution in [1.82, 2.24) is 15.6 Å². The second kappa shape index (κ2) is 6.54. The maximum Gasteiger partial charge on any atom is 0.123 e. The molecule has 0 saturated carbocycles. The zero-order valence-electron chi connectivity index (χ0n) is 11.7. The van der Waals surface area contributed by atoms with Crippen molar-refractivity contribution in [3.05, 3.63) is 58.7 Å². The van der Waals surface area contributed by atoms with E-state index in [1.807, 2.05) is 19.9 Å². The molecule has 0 spiro atoms. The van der Waals surface area contributed by atoms with E-state index in [0.29, 0.717) is 6.42 Å². The highest BCUT2D eigenvalue weighted by Crippen LogP contribution is 2.21. The molecule has 0 amide bonds. The summed E-state index contributed by atoms with van der Waals surface area (Å²) < 4.78 is 12.9. The average molecular weight is 274 g/mol. The molecule has 1 heterocycles. The Morgan fingerprint density at radius 1 is 1.25 bits per heavy atom. The number of rotatable bonds is 5. The first-order valence-electron chi connectivity index (χ1n) is 6.67. The van der Waals surface area contributed by atoms with Gasteiger partial charge in [-0.05, 0) is 49.1 Å². The first-order chi connectivity index (χ1) is 9.63. The van der Waals surface area contributed by atoms with Crippen LogP contribution in [-0.2, 0) is 12.8 Å². The van der Waals surface area contributed by atoms with Crippen molar-refractivity contribution in [3.63, 3.8) is 0 Å². The van der Waals surface area contributed by atoms with E-state index in [1.165, 1.54) is 12.1 Å². The number of aryl methyl sites for hydroxylation is 2. The molecule has 0 aliphatic carbocycles. The van der Waals surface area contributed by atoms with Gasteiger partial charge in [0.1, 0.15) is 5.82 Å². The van der Waals surface area contributed by atoms with Gasteiger partial charge in [-0.25, -0.2) is 4.39 Å². The molecule has 2 aromatic rings. The fraction of sp³-hybridized carbons (Fsp3) is 0.333. The van der Waals surface area contributed by atoms with Crippen molar-refractivity contribution in [2.24, 2.45) is 5.84 Å². The highest BCUT2D eigenvalue weighted by Gasteiger charge is 2.16. The maximum absolute atomic E-state index is 12.9. The third kappa shape index (κ3) is 3.37. The topological polar surface area (TPSA) is 63.8 Å². The van der Waals surface area contributed by atoms with Crippen LogP contribution in [0.3, 0.4) is 0 Å². The minimum absolute atomic E-state index is 0.0652. The molecule has 0 saturated heterocycles. The molecule has 1 aromatic heterocycles. The number of nitrogens with zero attached hydrogens (tertiary/aromatic N) is 2. The Balaban J connectivity index is 2.28. The smallest absolute Gasteiger partial charge is 0.123 e. The lowest BCUT2D eigenvalue weighted by Crippen LogP contribution is -2.30. The number of hydrogen-bond donors (Lipinski definition) is 2. The molecule has 106 valence electrons. The van der Waals surface area contributed by atoms with Gasteiger partial charge in [0.05, 0.1) is 17.4 Å². The van der Waals surface area contributed by atoms with Crippen molar-refractivity contribution in [3.8, 4) is 0 Å². The number of hydrogen-bond acceptors (Lipinski definition) is 4. The molecule has 1 aromatic carbocycles. The Labute approximate surface area is 118 Å². The quantitative estimate of drug-likeness (QED) is 0.648. The van der Waals surface area contributed by atoms with Crippen LogP contribution in [-0.4, -0.2) is 10.2 Å². The van der Waals surface area contributed by atoms with Crippen molar-refractivity contribution in [1.29, 1.82) is 0 Å². The van der Waals surface area contributed by atoms with Crippen molar-refractivity contribution >= 4 is 0 Å². The van der Waals surface area contributed by atoms with E-state index in [9.17, 15) is 4.39 Å². The van der Waals surface area contributed by atoms with Gasteiger partial charge in [0.25, 0.3) is 0 Å². The highest BCUT2D eigenvalue weighted by molar-refractivity contribution is 5.27. The number of nitrogens with one attached hydrogen (secondary N) is 1. The molecule has 1 unspecified atom stereocenters. The van der Waals surface area contributed by atoms with E-state index in [4.69, 9.17) is 5.84 Å². The molecule has 5 heteroatoms. The maximum atomic E-state index is 12.9. The van der Waals surface area contributed by atoms with Crippen LogP contribution in [0.5, 0.6) is 0 Å². The molecule has 0 aliphatic rings. The first kappa shape index (κ1) is 14.6. The van der Waals surface area contributed by atoms with Gasteiger partial charge in [0.2, 0.25) is 0 Å². The fourth-order valence-corrected chi connectivity index (χ4v) is 2.23. The van der Waals surface area contributed by atoms with Gasteiger partial charge in [0, 0.05) is 0 Å². The van der Waals surface area contributed by atoms with Gasteiger partial charge in [-0.15, -0.1) is 0 Å². The second-order valence-electron chi connectivity index (χ2n) is 4.79. The lowest BCUT2D eigenvalue weighted by molar-refractivity contribution is 0.540. The minimum Gasteiger partial charge on any atom is -0.271 e. The summed E-state index contributed by atoms with van der Waals surface area (Å²) in [7, 11) is 0. The molecular formula is C15H19FN4. The van der Waals surface area contributed by atoms with Crippen LogP contribution >= 0.6 is 0 Å². The summed E-state index contributed by atoms with van der Waals surface area (Å²) in [4.78, 5) is 0. The third-order valence-corrected chi connectivity index (χ3v) is 3.29. The normalized spacial score (nSPS) is 12.4. The van der Waals surface area contributed by atoms with Gasteiger partial charge >= 0.3 is 0 Å². The van der Waals surface area contributed by atoms with Crippen LogP contribution in [0, 0.1) is 12.7 Å². The molecule has 0 bridgehead atoms. The lowest BCUT2D eigenvalue weighted by atomic mass is 9.97. The Kier molecular flexibility index (Phi) is 4.76. The van der Waals surface area contributed by atoms with Crippen LogP contribution < -0.4 is 11.3 Å². The third-order valence-electron chi connectivity index (χ3n) is 3.29. The van der Waals surface area contributed by atoms with Crippen LogP contribution in [0.4, 0.5) is 4.39 Å². The Morgan fingerprint density at radius 3 is 2.55 bits per heavy atom. The summed E-state index contributed by atoms with van der Waals surface area (Å²) in [5.41, 5.74) is 6.68. The summed E-state index contributed by atoms with van der Waals surface area (Å²) >= 11 is 0. The van der Waals surface area contributed by atoms with Crippen molar-refractivity contribution in [2.75, 3.05) is 0 Å². The molecular weight excluding hydrogens is 255 g/mol. The van der Waals surface area contributed by atoms with E-state index in [1.54, 1.807) is 12.1 Å². The zero-order chi connectivity index (χ0) is 14.5. The predicted molar refractivity (Wildman–Crippen MR) is 76.3 cm³/mol. The van der Waals surface area contributed by atoms with Crippen molar-refractivity contribution < 1.29 is 4.39 Å². The van der Waals surface area contributed by atoms with Gasteiger partial charge in [-0.2, -0.15) is 10.2 Å². The second-order valence-corrected chi connectivity index (χ2v) is 4.79. The van der Waals surface area contributed by atoms with Crippen LogP contribution in [0.1, 0.15) is 35.5 Å². The van der Waals surface area contributed by atoms with Gasteiger partial charge in [-0.1, -0.05) is 19.1 Å². The molecule has 20 heavy (non-hydrogen) atoms. The van der Waals surface area contributed by atoms with Gasteiger partial charge in [0.15, 0.2) is 0 Å². The zero-order valence-corrected chi connectivity index (χ0v) is 11.7. The van der Waals surface area contributed by atoms with Crippen LogP contribution in [0.15, 0.2) is 30.3 Å². The summed E-state index contributed by atoms with van der Waals surface area (Å²) in [6.07, 6.45) is 1.47. The lowest BCUT2D eigenvalue weighted by Gasteiger charge is -2.19. The molecule has 0 radical (unpaired) electrons. The van der Waals surface area contributed by atoms with E-state index >= 15 is 0 Å². The first-order valence-corrected chi connectivity index (χ1v) is 6.67. The molecule has 2 rings (SSSR count). The average Bonchev–Trinajstić information content (AvgIpc) is 2.46. The number of benzene rings is 1. The fourth-order valence-electron chi connectivity index (χ4n) is 2.23. The molecule has 1 atom stereocenters. The number of hydrazine groups is 1. The number of nitrogens with two attached hydrogens (primary N) is 1. The largest absolute Gasteiger partial charge is 0.271 e. The van der Waals surface area contributed by atoms with E-state index in [0.717, 1.165) is 28.9 Å². The van der Waals surface area contributed by atoms with E-state index in [2.05, 4.69) is 15.6 Å². The van der Waals surface area contributed by atoms with Crippen LogP contribution in [0.25, 0.3) is 0 Å². The summed E-state index contributed by atoms with van der Waals surface area (Å²) in [5.74, 6) is 5.45. The molecule has 0 fully saturated rings. The van der Waals surface area contributed by atoms with Gasteiger partial charge in [-0.3, -0.25) is 11.3 Å². The van der Waals surface area contributed by atoms with E-state index in [-0.39, 0.29) is 11.9 Å². The van der Waals surface area contributed by atoms with E-state index < -0.39 is 0 Å².